The van der Waals surface area contributed by atoms with Gasteiger partial charge in [-0.2, -0.15) is 0 Å². The molecule has 2 saturated heterocycles. The number of imide groups is 1. The standard InChI is InChI=1S/C14H23BrN2O3/c1-3-13(4-2,9-15)10-17-11(18)14(16-12(17)19)5-7-20-8-6-14/h3-10H2,1-2H3,(H,16,19). The largest absolute Gasteiger partial charge is 0.381 e. The highest BCUT2D eigenvalue weighted by molar-refractivity contribution is 9.09. The number of amides is 3. The van der Waals surface area contributed by atoms with E-state index in [-0.39, 0.29) is 17.4 Å². The van der Waals surface area contributed by atoms with Crippen molar-refractivity contribution in [3.05, 3.63) is 0 Å². The van der Waals surface area contributed by atoms with Crippen LogP contribution in [0.5, 0.6) is 0 Å². The number of carbonyl (C=O) groups is 2. The van der Waals surface area contributed by atoms with E-state index in [0.29, 0.717) is 32.6 Å². The molecule has 0 unspecified atom stereocenters. The van der Waals surface area contributed by atoms with Gasteiger partial charge < -0.3 is 10.1 Å². The molecule has 2 aliphatic rings. The molecular formula is C14H23BrN2O3. The molecule has 20 heavy (non-hydrogen) atoms. The normalized spacial score (nSPS) is 22.4. The number of rotatable bonds is 5. The predicted octanol–water partition coefficient (Wildman–Crippen LogP) is 2.29. The van der Waals surface area contributed by atoms with Gasteiger partial charge in [0.15, 0.2) is 0 Å². The molecule has 0 aromatic carbocycles. The lowest BCUT2D eigenvalue weighted by Crippen LogP contribution is -2.51. The third-order valence-electron chi connectivity index (χ3n) is 4.87. The molecule has 0 aromatic heterocycles. The second kappa shape index (κ2) is 6.02. The fourth-order valence-corrected chi connectivity index (χ4v) is 3.89. The third-order valence-corrected chi connectivity index (χ3v) is 6.06. The van der Waals surface area contributed by atoms with Crippen LogP contribution < -0.4 is 5.32 Å². The predicted molar refractivity (Wildman–Crippen MR) is 79.8 cm³/mol. The first-order chi connectivity index (χ1) is 9.52. The average molecular weight is 347 g/mol. The van der Waals surface area contributed by atoms with E-state index in [4.69, 9.17) is 4.74 Å². The number of nitrogens with one attached hydrogen (secondary N) is 1. The molecule has 0 saturated carbocycles. The van der Waals surface area contributed by atoms with Gasteiger partial charge in [-0.05, 0) is 18.3 Å². The lowest BCUT2D eigenvalue weighted by atomic mass is 9.83. The zero-order chi connectivity index (χ0) is 14.8. The van der Waals surface area contributed by atoms with Gasteiger partial charge in [0.25, 0.3) is 5.91 Å². The summed E-state index contributed by atoms with van der Waals surface area (Å²) in [5.41, 5.74) is -0.751. The third kappa shape index (κ3) is 2.60. The fourth-order valence-electron chi connectivity index (χ4n) is 2.92. The first-order valence-corrected chi connectivity index (χ1v) is 8.42. The summed E-state index contributed by atoms with van der Waals surface area (Å²) in [7, 11) is 0. The van der Waals surface area contributed by atoms with Gasteiger partial charge in [0, 0.05) is 37.9 Å². The van der Waals surface area contributed by atoms with Gasteiger partial charge in [-0.15, -0.1) is 0 Å². The number of halogens is 1. The van der Waals surface area contributed by atoms with Crippen LogP contribution in [0.3, 0.4) is 0 Å². The average Bonchev–Trinajstić information content (AvgIpc) is 2.69. The second-order valence-corrected chi connectivity index (χ2v) is 6.42. The Balaban J connectivity index is 2.16. The topological polar surface area (TPSA) is 58.6 Å². The number of hydrogen-bond donors (Lipinski definition) is 1. The van der Waals surface area contributed by atoms with Crippen LogP contribution >= 0.6 is 15.9 Å². The molecule has 6 heteroatoms. The van der Waals surface area contributed by atoms with Crippen LogP contribution in [0.4, 0.5) is 4.79 Å². The summed E-state index contributed by atoms with van der Waals surface area (Å²) in [5, 5.41) is 3.70. The molecular weight excluding hydrogens is 324 g/mol. The summed E-state index contributed by atoms with van der Waals surface area (Å²) in [6.45, 7) is 5.76. The number of hydrogen-bond acceptors (Lipinski definition) is 3. The van der Waals surface area contributed by atoms with Crippen LogP contribution in [0.25, 0.3) is 0 Å². The Kier molecular flexibility index (Phi) is 4.74. The minimum Gasteiger partial charge on any atom is -0.381 e. The van der Waals surface area contributed by atoms with Crippen molar-refractivity contribution >= 4 is 27.9 Å². The van der Waals surface area contributed by atoms with Gasteiger partial charge in [0.05, 0.1) is 0 Å². The first kappa shape index (κ1) is 15.8. The molecule has 5 nitrogen and oxygen atoms in total. The van der Waals surface area contributed by atoms with Gasteiger partial charge in [0.2, 0.25) is 0 Å². The Hall–Kier alpha value is -0.620. The van der Waals surface area contributed by atoms with Crippen molar-refractivity contribution in [1.29, 1.82) is 0 Å². The molecule has 2 rings (SSSR count). The molecule has 0 bridgehead atoms. The van der Waals surface area contributed by atoms with Gasteiger partial charge in [0.1, 0.15) is 5.54 Å². The SMILES string of the molecule is CCC(CC)(CBr)CN1C(=O)NC2(CCOCC2)C1=O. The summed E-state index contributed by atoms with van der Waals surface area (Å²) in [6.07, 6.45) is 3.02. The van der Waals surface area contributed by atoms with Gasteiger partial charge in [-0.1, -0.05) is 29.8 Å². The van der Waals surface area contributed by atoms with Crippen molar-refractivity contribution in [2.75, 3.05) is 25.1 Å². The van der Waals surface area contributed by atoms with E-state index in [1.54, 1.807) is 0 Å². The smallest absolute Gasteiger partial charge is 0.325 e. The zero-order valence-electron chi connectivity index (χ0n) is 12.2. The van der Waals surface area contributed by atoms with E-state index in [1.807, 2.05) is 0 Å². The van der Waals surface area contributed by atoms with Crippen LogP contribution in [0.2, 0.25) is 0 Å². The van der Waals surface area contributed by atoms with Crippen molar-refractivity contribution in [3.8, 4) is 0 Å². The van der Waals surface area contributed by atoms with E-state index in [2.05, 4.69) is 35.1 Å². The molecule has 0 atom stereocenters. The van der Waals surface area contributed by atoms with Gasteiger partial charge in [-0.25, -0.2) is 4.79 Å². The summed E-state index contributed by atoms with van der Waals surface area (Å²) in [4.78, 5) is 26.3. The highest BCUT2D eigenvalue weighted by Gasteiger charge is 2.52. The summed E-state index contributed by atoms with van der Waals surface area (Å²) in [5.74, 6) is -0.0713. The number of alkyl halides is 1. The summed E-state index contributed by atoms with van der Waals surface area (Å²) in [6, 6.07) is -0.246. The van der Waals surface area contributed by atoms with Crippen molar-refractivity contribution in [3.63, 3.8) is 0 Å². The lowest BCUT2D eigenvalue weighted by Gasteiger charge is -2.34. The molecule has 2 aliphatic heterocycles. The number of carbonyl (C=O) groups excluding carboxylic acids is 2. The van der Waals surface area contributed by atoms with Crippen LogP contribution in [0.1, 0.15) is 39.5 Å². The van der Waals surface area contributed by atoms with Crippen molar-refractivity contribution in [1.82, 2.24) is 10.2 Å². The molecule has 2 heterocycles. The Morgan fingerprint density at radius 2 is 1.90 bits per heavy atom. The van der Waals surface area contributed by atoms with Crippen LogP contribution in [0, 0.1) is 5.41 Å². The Labute approximate surface area is 128 Å². The monoisotopic (exact) mass is 346 g/mol. The van der Waals surface area contributed by atoms with Crippen molar-refractivity contribution in [2.24, 2.45) is 5.41 Å². The molecule has 0 aromatic rings. The molecule has 0 aliphatic carbocycles. The second-order valence-electron chi connectivity index (χ2n) is 5.86. The molecule has 1 spiro atoms. The van der Waals surface area contributed by atoms with E-state index in [0.717, 1.165) is 18.2 Å². The Morgan fingerprint density at radius 3 is 2.40 bits per heavy atom. The Morgan fingerprint density at radius 1 is 1.30 bits per heavy atom. The maximum absolute atomic E-state index is 12.7. The van der Waals surface area contributed by atoms with Crippen LogP contribution in [0.15, 0.2) is 0 Å². The minimum absolute atomic E-state index is 0.0380. The lowest BCUT2D eigenvalue weighted by molar-refractivity contribution is -0.135. The number of ether oxygens (including phenoxy) is 1. The fraction of sp³-hybridized carbons (Fsp3) is 0.857. The number of urea groups is 1. The highest BCUT2D eigenvalue weighted by atomic mass is 79.9. The van der Waals surface area contributed by atoms with Crippen molar-refractivity contribution in [2.45, 2.75) is 45.1 Å². The van der Waals surface area contributed by atoms with E-state index in [1.165, 1.54) is 4.90 Å². The maximum atomic E-state index is 12.7. The summed E-state index contributed by atoms with van der Waals surface area (Å²) >= 11 is 3.54. The molecule has 1 N–H and O–H groups in total. The molecule has 2 fully saturated rings. The summed E-state index contributed by atoms with van der Waals surface area (Å²) < 4.78 is 5.31. The van der Waals surface area contributed by atoms with Crippen LogP contribution in [-0.4, -0.2) is 47.5 Å². The van der Waals surface area contributed by atoms with E-state index >= 15 is 0 Å². The zero-order valence-corrected chi connectivity index (χ0v) is 13.8. The van der Waals surface area contributed by atoms with Crippen LogP contribution in [-0.2, 0) is 9.53 Å². The Bertz CT molecular complexity index is 382. The molecule has 114 valence electrons. The maximum Gasteiger partial charge on any atom is 0.325 e. The first-order valence-electron chi connectivity index (χ1n) is 7.30. The molecule has 3 amide bonds. The van der Waals surface area contributed by atoms with Gasteiger partial charge in [-0.3, -0.25) is 9.69 Å². The minimum atomic E-state index is -0.713. The van der Waals surface area contributed by atoms with Crippen molar-refractivity contribution < 1.29 is 14.3 Å². The van der Waals surface area contributed by atoms with Gasteiger partial charge >= 0.3 is 6.03 Å². The number of nitrogens with zero attached hydrogens (tertiary/aromatic N) is 1. The quantitative estimate of drug-likeness (QED) is 0.613. The van der Waals surface area contributed by atoms with E-state index < -0.39 is 5.54 Å². The highest BCUT2D eigenvalue weighted by Crippen LogP contribution is 2.34. The molecule has 0 radical (unpaired) electrons. The van der Waals surface area contributed by atoms with E-state index in [9.17, 15) is 9.59 Å².